The van der Waals surface area contributed by atoms with Crippen molar-refractivity contribution in [1.29, 1.82) is 0 Å². The van der Waals surface area contributed by atoms with Gasteiger partial charge >= 0.3 is 6.09 Å². The van der Waals surface area contributed by atoms with Crippen LogP contribution in [0, 0.1) is 5.82 Å². The van der Waals surface area contributed by atoms with Crippen LogP contribution >= 0.6 is 0 Å². The van der Waals surface area contributed by atoms with Crippen molar-refractivity contribution in [3.05, 3.63) is 35.6 Å². The molecule has 0 spiro atoms. The molecule has 1 rings (SSSR count). The number of nitrogens with one attached hydrogen (secondary N) is 4. The Morgan fingerprint density at radius 3 is 2.24 bits per heavy atom. The molecule has 0 aliphatic heterocycles. The minimum Gasteiger partial charge on any atom is -0.444 e. The molecule has 8 nitrogen and oxygen atoms in total. The van der Waals surface area contributed by atoms with Crippen molar-refractivity contribution in [2.45, 2.75) is 45.8 Å². The normalized spacial score (nSPS) is 12.2. The maximum Gasteiger partial charge on any atom is 0.408 e. The van der Waals surface area contributed by atoms with E-state index in [1.807, 2.05) is 13.8 Å². The van der Waals surface area contributed by atoms with E-state index >= 15 is 0 Å². The molecule has 0 fully saturated rings. The van der Waals surface area contributed by atoms with Crippen LogP contribution in [0.25, 0.3) is 0 Å². The highest BCUT2D eigenvalue weighted by atomic mass is 19.1. The number of alkyl carbamates (subject to hydrolysis) is 1. The zero-order valence-corrected chi connectivity index (χ0v) is 18.0. The number of carbonyl (C=O) groups excluding carboxylic acids is 2. The summed E-state index contributed by atoms with van der Waals surface area (Å²) in [5.41, 5.74) is -1.15. The van der Waals surface area contributed by atoms with Crippen LogP contribution in [0.2, 0.25) is 0 Å². The van der Waals surface area contributed by atoms with Crippen LogP contribution in [-0.4, -0.2) is 55.8 Å². The fraction of sp³-hybridized carbons (Fsp3) is 0.550. The predicted octanol–water partition coefficient (Wildman–Crippen LogP) is 2.02. The molecule has 0 unspecified atom stereocenters. The first-order chi connectivity index (χ1) is 13.4. The third-order valence-corrected chi connectivity index (χ3v) is 3.58. The van der Waals surface area contributed by atoms with Crippen LogP contribution in [0.3, 0.4) is 0 Å². The number of hydrogen-bond donors (Lipinski definition) is 4. The standard InChI is InChI=1S/C20H32FN5O3/c1-19(2,3)29-18(28)26-20(4,5)13-25-17(22-6)24-12-11-23-16(27)14-9-7-8-10-15(14)21/h7-10H,11-13H2,1-6H3,(H,23,27)(H,26,28)(H2,22,24,25). The summed E-state index contributed by atoms with van der Waals surface area (Å²) in [7, 11) is 1.61. The van der Waals surface area contributed by atoms with Crippen LogP contribution in [0.4, 0.5) is 9.18 Å². The molecule has 0 aromatic heterocycles. The molecule has 4 N–H and O–H groups in total. The topological polar surface area (TPSA) is 104 Å². The number of halogens is 1. The highest BCUT2D eigenvalue weighted by Crippen LogP contribution is 2.09. The smallest absolute Gasteiger partial charge is 0.408 e. The summed E-state index contributed by atoms with van der Waals surface area (Å²) in [4.78, 5) is 28.0. The monoisotopic (exact) mass is 409 g/mol. The second-order valence-electron chi connectivity index (χ2n) is 8.10. The number of hydrogen-bond acceptors (Lipinski definition) is 4. The quantitative estimate of drug-likeness (QED) is 0.313. The van der Waals surface area contributed by atoms with E-state index in [1.165, 1.54) is 18.2 Å². The van der Waals surface area contributed by atoms with Crippen molar-refractivity contribution < 1.29 is 18.7 Å². The molecule has 0 radical (unpaired) electrons. The summed E-state index contributed by atoms with van der Waals surface area (Å²) < 4.78 is 18.8. The molecule has 2 amide bonds. The zero-order valence-electron chi connectivity index (χ0n) is 18.0. The van der Waals surface area contributed by atoms with E-state index in [-0.39, 0.29) is 12.1 Å². The second-order valence-corrected chi connectivity index (χ2v) is 8.10. The molecule has 0 heterocycles. The highest BCUT2D eigenvalue weighted by molar-refractivity contribution is 5.94. The van der Waals surface area contributed by atoms with Crippen LogP contribution in [0.15, 0.2) is 29.3 Å². The highest BCUT2D eigenvalue weighted by Gasteiger charge is 2.24. The summed E-state index contributed by atoms with van der Waals surface area (Å²) in [5, 5.41) is 11.6. The number of nitrogens with zero attached hydrogens (tertiary/aromatic N) is 1. The average Bonchev–Trinajstić information content (AvgIpc) is 2.59. The van der Waals surface area contributed by atoms with Crippen LogP contribution in [0.1, 0.15) is 45.0 Å². The molecule has 0 bridgehead atoms. The van der Waals surface area contributed by atoms with E-state index in [1.54, 1.807) is 33.9 Å². The first-order valence-electron chi connectivity index (χ1n) is 9.42. The minimum atomic E-state index is -0.584. The maximum atomic E-state index is 13.6. The number of rotatable bonds is 7. The fourth-order valence-corrected chi connectivity index (χ4v) is 2.25. The van der Waals surface area contributed by atoms with E-state index < -0.39 is 29.0 Å². The minimum absolute atomic E-state index is 0.00461. The van der Waals surface area contributed by atoms with Gasteiger partial charge in [-0.25, -0.2) is 9.18 Å². The summed E-state index contributed by atoms with van der Waals surface area (Å²) in [6.07, 6.45) is -0.497. The summed E-state index contributed by atoms with van der Waals surface area (Å²) in [5.74, 6) is -0.533. The van der Waals surface area contributed by atoms with E-state index in [0.717, 1.165) is 0 Å². The Bertz CT molecular complexity index is 729. The molecule has 1 aromatic carbocycles. The average molecular weight is 410 g/mol. The van der Waals surface area contributed by atoms with Crippen molar-refractivity contribution in [2.24, 2.45) is 4.99 Å². The molecule has 29 heavy (non-hydrogen) atoms. The molecule has 0 atom stereocenters. The van der Waals surface area contributed by atoms with E-state index in [2.05, 4.69) is 26.3 Å². The van der Waals surface area contributed by atoms with Crippen molar-refractivity contribution >= 4 is 18.0 Å². The third kappa shape index (κ3) is 9.77. The molecule has 9 heteroatoms. The van der Waals surface area contributed by atoms with Gasteiger partial charge in [-0.2, -0.15) is 0 Å². The Labute approximate surface area is 171 Å². The lowest BCUT2D eigenvalue weighted by atomic mass is 10.1. The predicted molar refractivity (Wildman–Crippen MR) is 112 cm³/mol. The Morgan fingerprint density at radius 2 is 1.66 bits per heavy atom. The summed E-state index contributed by atoms with van der Waals surface area (Å²) >= 11 is 0. The van der Waals surface area contributed by atoms with Crippen molar-refractivity contribution in [1.82, 2.24) is 21.3 Å². The Balaban J connectivity index is 2.38. The number of ether oxygens (including phenoxy) is 1. The van der Waals surface area contributed by atoms with Gasteiger partial charge in [0.05, 0.1) is 11.1 Å². The van der Waals surface area contributed by atoms with Gasteiger partial charge in [-0.05, 0) is 46.8 Å². The van der Waals surface area contributed by atoms with E-state index in [0.29, 0.717) is 19.0 Å². The van der Waals surface area contributed by atoms with Gasteiger partial charge in [-0.1, -0.05) is 12.1 Å². The lowest BCUT2D eigenvalue weighted by molar-refractivity contribution is 0.0473. The van der Waals surface area contributed by atoms with Gasteiger partial charge in [0, 0.05) is 26.7 Å². The van der Waals surface area contributed by atoms with Gasteiger partial charge in [0.25, 0.3) is 5.91 Å². The maximum absolute atomic E-state index is 13.6. The van der Waals surface area contributed by atoms with Gasteiger partial charge < -0.3 is 26.0 Å². The van der Waals surface area contributed by atoms with E-state index in [4.69, 9.17) is 4.74 Å². The third-order valence-electron chi connectivity index (χ3n) is 3.58. The van der Waals surface area contributed by atoms with Crippen LogP contribution < -0.4 is 21.3 Å². The lowest BCUT2D eigenvalue weighted by Gasteiger charge is -2.29. The summed E-state index contributed by atoms with van der Waals surface area (Å²) in [6.45, 7) is 10.2. The van der Waals surface area contributed by atoms with E-state index in [9.17, 15) is 14.0 Å². The number of guanidine groups is 1. The van der Waals surface area contributed by atoms with Crippen molar-refractivity contribution in [3.8, 4) is 0 Å². The molecular weight excluding hydrogens is 377 g/mol. The largest absolute Gasteiger partial charge is 0.444 e. The number of aliphatic imine (C=N–C) groups is 1. The first-order valence-corrected chi connectivity index (χ1v) is 9.42. The molecule has 0 aliphatic rings. The molecule has 0 saturated heterocycles. The van der Waals surface area contributed by atoms with Gasteiger partial charge in [-0.15, -0.1) is 0 Å². The first kappa shape index (κ1) is 24.2. The number of benzene rings is 1. The Hall–Kier alpha value is -2.84. The molecule has 162 valence electrons. The van der Waals surface area contributed by atoms with Gasteiger partial charge in [0.2, 0.25) is 0 Å². The Kier molecular flexibility index (Phi) is 8.87. The van der Waals surface area contributed by atoms with Gasteiger partial charge in [-0.3, -0.25) is 9.79 Å². The van der Waals surface area contributed by atoms with Crippen LogP contribution in [-0.2, 0) is 4.74 Å². The zero-order chi connectivity index (χ0) is 22.1. The fourth-order valence-electron chi connectivity index (χ4n) is 2.25. The second kappa shape index (κ2) is 10.6. The van der Waals surface area contributed by atoms with Gasteiger partial charge in [0.1, 0.15) is 11.4 Å². The molecule has 0 aliphatic carbocycles. The number of amides is 2. The lowest BCUT2D eigenvalue weighted by Crippen LogP contribution is -2.54. The molecule has 0 saturated carbocycles. The molecule has 1 aromatic rings. The Morgan fingerprint density at radius 1 is 1.03 bits per heavy atom. The molecular formula is C20H32FN5O3. The van der Waals surface area contributed by atoms with Crippen molar-refractivity contribution in [3.63, 3.8) is 0 Å². The summed E-state index contributed by atoms with van der Waals surface area (Å²) in [6, 6.07) is 5.81. The SMILES string of the molecule is CN=C(NCCNC(=O)c1ccccc1F)NCC(C)(C)NC(=O)OC(C)(C)C. The van der Waals surface area contributed by atoms with Crippen LogP contribution in [0.5, 0.6) is 0 Å². The number of carbonyl (C=O) groups is 2. The van der Waals surface area contributed by atoms with Gasteiger partial charge in [0.15, 0.2) is 5.96 Å². The van der Waals surface area contributed by atoms with Crippen molar-refractivity contribution in [2.75, 3.05) is 26.7 Å².